The van der Waals surface area contributed by atoms with Gasteiger partial charge < -0.3 is 23.8 Å². The molecule has 0 unspecified atom stereocenters. The van der Waals surface area contributed by atoms with E-state index in [0.29, 0.717) is 35.2 Å². The predicted octanol–water partition coefficient (Wildman–Crippen LogP) is 4.95. The van der Waals surface area contributed by atoms with E-state index in [4.69, 9.17) is 18.9 Å². The Bertz CT molecular complexity index is 963. The van der Waals surface area contributed by atoms with Crippen molar-refractivity contribution in [3.63, 3.8) is 0 Å². The second kappa shape index (κ2) is 11.3. The van der Waals surface area contributed by atoms with Crippen LogP contribution >= 0.6 is 0 Å². The average Bonchev–Trinajstić information content (AvgIpc) is 3.34. The Hall–Kier alpha value is -3.41. The van der Waals surface area contributed by atoms with Gasteiger partial charge in [-0.2, -0.15) is 0 Å². The number of hydrogen-bond acceptors (Lipinski definition) is 5. The summed E-state index contributed by atoms with van der Waals surface area (Å²) in [5.41, 5.74) is 2.02. The van der Waals surface area contributed by atoms with E-state index in [1.54, 1.807) is 20.3 Å². The van der Waals surface area contributed by atoms with Gasteiger partial charge in [-0.25, -0.2) is 0 Å². The van der Waals surface area contributed by atoms with Crippen molar-refractivity contribution >= 4 is 5.91 Å². The third kappa shape index (κ3) is 5.63. The molecule has 6 nitrogen and oxygen atoms in total. The molecule has 0 saturated carbocycles. The minimum atomic E-state index is -0.0804. The van der Waals surface area contributed by atoms with Crippen LogP contribution in [0.4, 0.5) is 0 Å². The minimum absolute atomic E-state index is 0.0444. The molecule has 3 rings (SSSR count). The third-order valence-electron chi connectivity index (χ3n) is 5.31. The second-order valence-electron chi connectivity index (χ2n) is 7.57. The molecule has 2 aromatic rings. The minimum Gasteiger partial charge on any atom is -0.493 e. The van der Waals surface area contributed by atoms with Crippen molar-refractivity contribution in [3.05, 3.63) is 66.8 Å². The summed E-state index contributed by atoms with van der Waals surface area (Å²) < 4.78 is 23.3. The number of benzene rings is 2. The van der Waals surface area contributed by atoms with Crippen LogP contribution < -0.4 is 18.9 Å². The Morgan fingerprint density at radius 3 is 2.19 bits per heavy atom. The quantitative estimate of drug-likeness (QED) is 0.466. The van der Waals surface area contributed by atoms with Crippen LogP contribution in [0.25, 0.3) is 0 Å². The zero-order valence-corrected chi connectivity index (χ0v) is 18.9. The van der Waals surface area contributed by atoms with E-state index >= 15 is 0 Å². The maximum absolute atomic E-state index is 12.5. The van der Waals surface area contributed by atoms with Crippen molar-refractivity contribution in [3.8, 4) is 28.7 Å². The normalized spacial score (nSPS) is 12.9. The Morgan fingerprint density at radius 2 is 1.53 bits per heavy atom. The topological polar surface area (TPSA) is 57.2 Å². The van der Waals surface area contributed by atoms with E-state index in [-0.39, 0.29) is 12.5 Å². The summed E-state index contributed by atoms with van der Waals surface area (Å²) in [6, 6.07) is 9.47. The molecule has 0 radical (unpaired) electrons. The molecule has 1 amide bonds. The van der Waals surface area contributed by atoms with Gasteiger partial charge in [0.15, 0.2) is 29.6 Å². The molecule has 1 aliphatic heterocycles. The highest BCUT2D eigenvalue weighted by atomic mass is 16.6. The number of carbonyl (C=O) groups is 1. The third-order valence-corrected chi connectivity index (χ3v) is 5.31. The molecule has 2 aromatic carbocycles. The Balaban J connectivity index is 1.93. The van der Waals surface area contributed by atoms with E-state index in [9.17, 15) is 4.79 Å². The molecule has 6 heteroatoms. The largest absolute Gasteiger partial charge is 0.493 e. The molecule has 0 spiro atoms. The van der Waals surface area contributed by atoms with Gasteiger partial charge in [-0.1, -0.05) is 18.2 Å². The van der Waals surface area contributed by atoms with Crippen LogP contribution in [0.15, 0.2) is 55.6 Å². The number of rotatable bonds is 11. The Kier molecular flexibility index (Phi) is 8.20. The van der Waals surface area contributed by atoms with Gasteiger partial charge >= 0.3 is 0 Å². The van der Waals surface area contributed by atoms with Gasteiger partial charge in [-0.15, -0.1) is 13.2 Å². The lowest BCUT2D eigenvalue weighted by Crippen LogP contribution is -2.32. The van der Waals surface area contributed by atoms with E-state index in [1.165, 1.54) is 0 Å². The number of carbonyl (C=O) groups excluding carboxylic acids is 1. The number of likely N-dealkylation sites (tertiary alicyclic amines) is 1. The van der Waals surface area contributed by atoms with Crippen molar-refractivity contribution in [1.82, 2.24) is 4.90 Å². The summed E-state index contributed by atoms with van der Waals surface area (Å²) in [5, 5.41) is 0. The van der Waals surface area contributed by atoms with Crippen molar-refractivity contribution in [2.45, 2.75) is 25.7 Å². The first-order valence-electron chi connectivity index (χ1n) is 10.8. The van der Waals surface area contributed by atoms with Gasteiger partial charge in [-0.05, 0) is 61.1 Å². The molecular formula is C26H31NO5. The molecule has 32 heavy (non-hydrogen) atoms. The summed E-state index contributed by atoms with van der Waals surface area (Å²) in [5.74, 6) is 2.41. The SMILES string of the molecule is C=CCc1ccc(Oc2cc(CC=C)cc(OC)c2OCC(=O)N2CCCC2)c(OC)c1. The standard InChI is InChI=1S/C26H31NO5/c1-5-9-19-11-12-21(22(15-19)29-3)32-24-17-20(10-6-2)16-23(30-4)26(24)31-18-25(28)27-13-7-8-14-27/h5-6,11-12,15-17H,1-2,7-10,13-14,18H2,3-4H3. The summed E-state index contributed by atoms with van der Waals surface area (Å²) in [4.78, 5) is 14.4. The molecule has 1 fully saturated rings. The number of nitrogens with zero attached hydrogens (tertiary/aromatic N) is 1. The average molecular weight is 438 g/mol. The van der Waals surface area contributed by atoms with Crippen LogP contribution in [0.2, 0.25) is 0 Å². The summed E-state index contributed by atoms with van der Waals surface area (Å²) in [6.45, 7) is 9.06. The van der Waals surface area contributed by atoms with Crippen molar-refractivity contribution in [1.29, 1.82) is 0 Å². The summed E-state index contributed by atoms with van der Waals surface area (Å²) >= 11 is 0. The second-order valence-corrected chi connectivity index (χ2v) is 7.57. The molecule has 0 bridgehead atoms. The van der Waals surface area contributed by atoms with Crippen molar-refractivity contribution in [2.24, 2.45) is 0 Å². The van der Waals surface area contributed by atoms with E-state index < -0.39 is 0 Å². The van der Waals surface area contributed by atoms with Crippen LogP contribution in [-0.4, -0.2) is 44.7 Å². The van der Waals surface area contributed by atoms with Crippen LogP contribution in [0.1, 0.15) is 24.0 Å². The maximum atomic E-state index is 12.5. The van der Waals surface area contributed by atoms with Crippen LogP contribution in [-0.2, 0) is 17.6 Å². The van der Waals surface area contributed by atoms with E-state index in [1.807, 2.05) is 41.3 Å². The smallest absolute Gasteiger partial charge is 0.260 e. The zero-order valence-electron chi connectivity index (χ0n) is 18.9. The fraction of sp³-hybridized carbons (Fsp3) is 0.346. The van der Waals surface area contributed by atoms with Crippen LogP contribution in [0.3, 0.4) is 0 Å². The Morgan fingerprint density at radius 1 is 0.906 bits per heavy atom. The summed E-state index contributed by atoms with van der Waals surface area (Å²) in [7, 11) is 3.16. The van der Waals surface area contributed by atoms with Crippen molar-refractivity contribution < 1.29 is 23.7 Å². The first-order valence-corrected chi connectivity index (χ1v) is 10.8. The number of amides is 1. The first-order chi connectivity index (χ1) is 15.6. The molecule has 0 N–H and O–H groups in total. The monoisotopic (exact) mass is 437 g/mol. The Labute approximate surface area is 190 Å². The van der Waals surface area contributed by atoms with Gasteiger partial charge in [0.05, 0.1) is 14.2 Å². The molecule has 0 aliphatic carbocycles. The maximum Gasteiger partial charge on any atom is 0.260 e. The van der Waals surface area contributed by atoms with Gasteiger partial charge in [0, 0.05) is 13.1 Å². The van der Waals surface area contributed by atoms with Crippen LogP contribution in [0, 0.1) is 0 Å². The molecule has 1 saturated heterocycles. The zero-order chi connectivity index (χ0) is 22.9. The highest BCUT2D eigenvalue weighted by Gasteiger charge is 2.22. The lowest BCUT2D eigenvalue weighted by Gasteiger charge is -2.20. The number of ether oxygens (including phenoxy) is 4. The molecule has 0 atom stereocenters. The van der Waals surface area contributed by atoms with Gasteiger partial charge in [0.2, 0.25) is 5.75 Å². The van der Waals surface area contributed by atoms with E-state index in [2.05, 4.69) is 13.2 Å². The lowest BCUT2D eigenvalue weighted by molar-refractivity contribution is -0.132. The van der Waals surface area contributed by atoms with Gasteiger partial charge in [0.25, 0.3) is 5.91 Å². The predicted molar refractivity (Wildman–Crippen MR) is 125 cm³/mol. The van der Waals surface area contributed by atoms with Gasteiger partial charge in [-0.3, -0.25) is 4.79 Å². The molecule has 170 valence electrons. The molecule has 1 heterocycles. The molecule has 0 aromatic heterocycles. The highest BCUT2D eigenvalue weighted by Crippen LogP contribution is 2.43. The first kappa shape index (κ1) is 23.3. The molecule has 1 aliphatic rings. The lowest BCUT2D eigenvalue weighted by atomic mass is 10.1. The van der Waals surface area contributed by atoms with Crippen LogP contribution in [0.5, 0.6) is 28.7 Å². The van der Waals surface area contributed by atoms with Gasteiger partial charge in [0.1, 0.15) is 0 Å². The fourth-order valence-electron chi connectivity index (χ4n) is 3.69. The number of allylic oxidation sites excluding steroid dienone is 2. The van der Waals surface area contributed by atoms with Crippen molar-refractivity contribution in [2.75, 3.05) is 33.9 Å². The fourth-order valence-corrected chi connectivity index (χ4v) is 3.69. The number of methoxy groups -OCH3 is 2. The summed E-state index contributed by atoms with van der Waals surface area (Å²) in [6.07, 6.45) is 7.06. The highest BCUT2D eigenvalue weighted by molar-refractivity contribution is 5.78. The van der Waals surface area contributed by atoms with E-state index in [0.717, 1.165) is 43.5 Å². The number of hydrogen-bond donors (Lipinski definition) is 0. The molecular weight excluding hydrogens is 406 g/mol.